The van der Waals surface area contributed by atoms with Crippen molar-refractivity contribution in [3.63, 3.8) is 0 Å². The average Bonchev–Trinajstić information content (AvgIpc) is 2.39. The summed E-state index contributed by atoms with van der Waals surface area (Å²) in [5.41, 5.74) is 0. The highest BCUT2D eigenvalue weighted by Gasteiger charge is 2.62. The molecule has 52 valence electrons. The lowest BCUT2D eigenvalue weighted by Crippen LogP contribution is -1.91. The number of rotatable bonds is 0. The highest BCUT2D eigenvalue weighted by atomic mass is 35.5. The molecule has 2 atom stereocenters. The predicted molar refractivity (Wildman–Crippen MR) is 39.9 cm³/mol. The Morgan fingerprint density at radius 2 is 1.44 bits per heavy atom. The van der Waals surface area contributed by atoms with Gasteiger partial charge in [-0.3, -0.25) is 0 Å². The molecule has 9 heavy (non-hydrogen) atoms. The maximum Gasteiger partial charge on any atom is 0.124 e. The molecule has 2 saturated carbocycles. The van der Waals surface area contributed by atoms with E-state index in [-0.39, 0.29) is 4.33 Å². The molecule has 0 aromatic heterocycles. The van der Waals surface area contributed by atoms with Crippen molar-refractivity contribution in [1.82, 2.24) is 0 Å². The molecule has 0 radical (unpaired) electrons. The summed E-state index contributed by atoms with van der Waals surface area (Å²) in [6, 6.07) is 0. The highest BCUT2D eigenvalue weighted by molar-refractivity contribution is 6.51. The summed E-state index contributed by atoms with van der Waals surface area (Å²) in [6.45, 7) is 0. The van der Waals surface area contributed by atoms with Crippen LogP contribution in [0.1, 0.15) is 25.7 Å². The van der Waals surface area contributed by atoms with Gasteiger partial charge in [-0.05, 0) is 24.7 Å². The van der Waals surface area contributed by atoms with Crippen LogP contribution in [0.4, 0.5) is 0 Å². The molecule has 2 rings (SSSR count). The van der Waals surface area contributed by atoms with Gasteiger partial charge in [0.2, 0.25) is 0 Å². The van der Waals surface area contributed by atoms with Gasteiger partial charge in [0.25, 0.3) is 0 Å². The van der Waals surface area contributed by atoms with Crippen LogP contribution in [0.25, 0.3) is 0 Å². The molecule has 2 heteroatoms. The Morgan fingerprint density at radius 1 is 1.00 bits per heavy atom. The summed E-state index contributed by atoms with van der Waals surface area (Å²) >= 11 is 12.0. The molecule has 2 fully saturated rings. The van der Waals surface area contributed by atoms with Gasteiger partial charge in [-0.15, -0.1) is 23.2 Å². The predicted octanol–water partition coefficient (Wildman–Crippen LogP) is 2.98. The SMILES string of the molecule is ClC1(Cl)C2CCCCC21. The van der Waals surface area contributed by atoms with Crippen LogP contribution in [0.3, 0.4) is 0 Å². The number of hydrogen-bond donors (Lipinski definition) is 0. The Hall–Kier alpha value is 0.580. The Labute approximate surface area is 65.5 Å². The molecule has 0 aliphatic heterocycles. The van der Waals surface area contributed by atoms with Crippen molar-refractivity contribution in [1.29, 1.82) is 0 Å². The number of hydrogen-bond acceptors (Lipinski definition) is 0. The fraction of sp³-hybridized carbons (Fsp3) is 1.00. The summed E-state index contributed by atoms with van der Waals surface area (Å²) in [7, 11) is 0. The van der Waals surface area contributed by atoms with Gasteiger partial charge >= 0.3 is 0 Å². The molecule has 0 heterocycles. The first-order chi connectivity index (χ1) is 4.23. The second-order valence-corrected chi connectivity index (χ2v) is 4.62. The molecule has 0 aromatic carbocycles. The van der Waals surface area contributed by atoms with Gasteiger partial charge in [0.15, 0.2) is 0 Å². The Morgan fingerprint density at radius 3 is 1.78 bits per heavy atom. The summed E-state index contributed by atoms with van der Waals surface area (Å²) in [6.07, 6.45) is 5.19. The largest absolute Gasteiger partial charge is 0.124 e. The second-order valence-electron chi connectivity index (χ2n) is 3.17. The fourth-order valence-corrected chi connectivity index (χ4v) is 2.90. The van der Waals surface area contributed by atoms with E-state index in [9.17, 15) is 0 Å². The van der Waals surface area contributed by atoms with E-state index in [1.165, 1.54) is 25.7 Å². The number of halogens is 2. The van der Waals surface area contributed by atoms with Crippen molar-refractivity contribution in [2.75, 3.05) is 0 Å². The number of alkyl halides is 2. The second kappa shape index (κ2) is 1.79. The maximum atomic E-state index is 5.98. The van der Waals surface area contributed by atoms with Crippen molar-refractivity contribution in [2.45, 2.75) is 30.0 Å². The topological polar surface area (TPSA) is 0 Å². The van der Waals surface area contributed by atoms with Crippen LogP contribution >= 0.6 is 23.2 Å². The molecule has 0 N–H and O–H groups in total. The van der Waals surface area contributed by atoms with Crippen LogP contribution in [-0.4, -0.2) is 4.33 Å². The molecule has 2 aliphatic carbocycles. The molecule has 0 aromatic rings. The van der Waals surface area contributed by atoms with Crippen LogP contribution in [-0.2, 0) is 0 Å². The zero-order valence-corrected chi connectivity index (χ0v) is 6.75. The van der Waals surface area contributed by atoms with Crippen molar-refractivity contribution >= 4 is 23.2 Å². The fourth-order valence-electron chi connectivity index (χ4n) is 1.98. The first-order valence-electron chi connectivity index (χ1n) is 3.61. The Kier molecular flexibility index (Phi) is 1.26. The molecule has 0 amide bonds. The van der Waals surface area contributed by atoms with E-state index in [2.05, 4.69) is 0 Å². The van der Waals surface area contributed by atoms with Gasteiger partial charge in [0.05, 0.1) is 0 Å². The summed E-state index contributed by atoms with van der Waals surface area (Å²) in [5, 5.41) is 0. The third-order valence-corrected chi connectivity index (χ3v) is 3.77. The lowest BCUT2D eigenvalue weighted by Gasteiger charge is -2.03. The maximum absolute atomic E-state index is 5.98. The van der Waals surface area contributed by atoms with E-state index in [1.54, 1.807) is 0 Å². The molecule has 0 bridgehead atoms. The van der Waals surface area contributed by atoms with Gasteiger partial charge in [0.1, 0.15) is 4.33 Å². The summed E-state index contributed by atoms with van der Waals surface area (Å²) < 4.78 is -0.309. The van der Waals surface area contributed by atoms with Gasteiger partial charge in [0, 0.05) is 0 Å². The van der Waals surface area contributed by atoms with E-state index in [0.717, 1.165) is 0 Å². The molecule has 0 saturated heterocycles. The third-order valence-electron chi connectivity index (χ3n) is 2.65. The van der Waals surface area contributed by atoms with Crippen molar-refractivity contribution in [3.8, 4) is 0 Å². The molecule has 0 nitrogen and oxygen atoms in total. The first kappa shape index (κ1) is 6.30. The summed E-state index contributed by atoms with van der Waals surface area (Å²) in [4.78, 5) is 0. The van der Waals surface area contributed by atoms with Crippen molar-refractivity contribution in [2.24, 2.45) is 11.8 Å². The summed E-state index contributed by atoms with van der Waals surface area (Å²) in [5.74, 6) is 1.30. The molecular weight excluding hydrogens is 155 g/mol. The zero-order valence-electron chi connectivity index (χ0n) is 5.24. The lowest BCUT2D eigenvalue weighted by molar-refractivity contribution is 0.480. The van der Waals surface area contributed by atoms with E-state index in [1.807, 2.05) is 0 Å². The number of fused-ring (bicyclic) bond motifs is 1. The van der Waals surface area contributed by atoms with Crippen LogP contribution in [0.5, 0.6) is 0 Å². The molecule has 2 unspecified atom stereocenters. The minimum Gasteiger partial charge on any atom is -0.101 e. The minimum absolute atomic E-state index is 0.309. The van der Waals surface area contributed by atoms with Crippen molar-refractivity contribution in [3.05, 3.63) is 0 Å². The van der Waals surface area contributed by atoms with E-state index in [4.69, 9.17) is 23.2 Å². The highest BCUT2D eigenvalue weighted by Crippen LogP contribution is 2.65. The quantitative estimate of drug-likeness (QED) is 0.484. The van der Waals surface area contributed by atoms with Gasteiger partial charge < -0.3 is 0 Å². The zero-order chi connectivity index (χ0) is 6.48. The van der Waals surface area contributed by atoms with Gasteiger partial charge in [-0.2, -0.15) is 0 Å². The average molecular weight is 165 g/mol. The van der Waals surface area contributed by atoms with Gasteiger partial charge in [-0.25, -0.2) is 0 Å². The van der Waals surface area contributed by atoms with Crippen LogP contribution in [0, 0.1) is 11.8 Å². The van der Waals surface area contributed by atoms with Crippen molar-refractivity contribution < 1.29 is 0 Å². The van der Waals surface area contributed by atoms with Crippen LogP contribution in [0.2, 0.25) is 0 Å². The van der Waals surface area contributed by atoms with Crippen LogP contribution in [0.15, 0.2) is 0 Å². The Bertz CT molecular complexity index is 117. The van der Waals surface area contributed by atoms with Crippen LogP contribution < -0.4 is 0 Å². The van der Waals surface area contributed by atoms with E-state index < -0.39 is 0 Å². The normalized spacial score (nSPS) is 46.0. The molecular formula is C7H10Cl2. The molecule has 2 aliphatic rings. The monoisotopic (exact) mass is 164 g/mol. The minimum atomic E-state index is -0.309. The van der Waals surface area contributed by atoms with Gasteiger partial charge in [-0.1, -0.05) is 12.8 Å². The lowest BCUT2D eigenvalue weighted by atomic mass is 10.0. The first-order valence-corrected chi connectivity index (χ1v) is 4.36. The Balaban J connectivity index is 2.06. The molecule has 0 spiro atoms. The van der Waals surface area contributed by atoms with E-state index >= 15 is 0 Å². The smallest absolute Gasteiger partial charge is 0.101 e. The van der Waals surface area contributed by atoms with E-state index in [0.29, 0.717) is 11.8 Å². The standard InChI is InChI=1S/C7H10Cl2/c8-7(9)5-3-1-2-4-6(5)7/h5-6H,1-4H2. The third kappa shape index (κ3) is 0.798.